The fraction of sp³-hybridized carbons (Fsp3) is 0.250. The van der Waals surface area contributed by atoms with Crippen molar-refractivity contribution in [3.8, 4) is 11.1 Å². The highest BCUT2D eigenvalue weighted by atomic mass is 32.1. The molecule has 0 saturated heterocycles. The zero-order valence-electron chi connectivity index (χ0n) is 18.9. The maximum atomic E-state index is 14.7. The van der Waals surface area contributed by atoms with Crippen molar-refractivity contribution in [2.75, 3.05) is 11.4 Å². The maximum Gasteiger partial charge on any atom is 0.405 e. The van der Waals surface area contributed by atoms with E-state index in [0.29, 0.717) is 5.13 Å². The number of thiazole rings is 1. The highest BCUT2D eigenvalue weighted by molar-refractivity contribution is 7.13. The number of hydrogen-bond acceptors (Lipinski definition) is 5. The van der Waals surface area contributed by atoms with Gasteiger partial charge >= 0.3 is 6.18 Å². The third kappa shape index (κ3) is 5.38. The van der Waals surface area contributed by atoms with Gasteiger partial charge < -0.3 is 11.1 Å². The molecule has 1 aromatic heterocycles. The minimum absolute atomic E-state index is 0.0547. The van der Waals surface area contributed by atoms with Crippen molar-refractivity contribution in [3.63, 3.8) is 0 Å². The molecule has 0 aliphatic heterocycles. The number of nitrogens with two attached hydrogens (primary N) is 1. The van der Waals surface area contributed by atoms with Crippen LogP contribution in [0.2, 0.25) is 0 Å². The lowest BCUT2D eigenvalue weighted by Gasteiger charge is -2.22. The first-order valence-electron chi connectivity index (χ1n) is 10.8. The molecule has 12 heteroatoms. The van der Waals surface area contributed by atoms with Crippen LogP contribution < -0.4 is 16.0 Å². The molecule has 1 heterocycles. The van der Waals surface area contributed by atoms with E-state index in [0.717, 1.165) is 18.9 Å². The van der Waals surface area contributed by atoms with Gasteiger partial charge in [0.2, 0.25) is 5.91 Å². The summed E-state index contributed by atoms with van der Waals surface area (Å²) < 4.78 is 52.5. The number of amides is 3. The second kappa shape index (κ2) is 9.69. The Morgan fingerprint density at radius 2 is 1.86 bits per heavy atom. The predicted molar refractivity (Wildman–Crippen MR) is 125 cm³/mol. The Kier molecular flexibility index (Phi) is 6.81. The van der Waals surface area contributed by atoms with Gasteiger partial charge in [0, 0.05) is 34.3 Å². The summed E-state index contributed by atoms with van der Waals surface area (Å²) in [5.74, 6) is -3.20. The van der Waals surface area contributed by atoms with E-state index >= 15 is 0 Å². The number of nitrogens with zero attached hydrogens (tertiary/aromatic N) is 2. The van der Waals surface area contributed by atoms with E-state index < -0.39 is 36.3 Å². The fourth-order valence-corrected chi connectivity index (χ4v) is 4.40. The lowest BCUT2D eigenvalue weighted by atomic mass is 9.91. The number of aromatic nitrogens is 1. The summed E-state index contributed by atoms with van der Waals surface area (Å²) in [5.41, 5.74) is 5.46. The number of hydrogen-bond donors (Lipinski definition) is 2. The Morgan fingerprint density at radius 1 is 1.14 bits per heavy atom. The quantitative estimate of drug-likeness (QED) is 0.449. The minimum Gasteiger partial charge on any atom is -0.366 e. The molecule has 3 N–H and O–H groups in total. The van der Waals surface area contributed by atoms with Crippen molar-refractivity contribution in [3.05, 3.63) is 70.0 Å². The largest absolute Gasteiger partial charge is 0.405 e. The normalized spacial score (nSPS) is 13.4. The first-order chi connectivity index (χ1) is 17.0. The average molecular weight is 521 g/mol. The molecule has 1 fully saturated rings. The summed E-state index contributed by atoms with van der Waals surface area (Å²) in [5, 5.41) is 3.88. The average Bonchev–Trinajstić information content (AvgIpc) is 3.51. The molecule has 1 aliphatic carbocycles. The van der Waals surface area contributed by atoms with Crippen molar-refractivity contribution in [1.29, 1.82) is 0 Å². The van der Waals surface area contributed by atoms with Gasteiger partial charge in [0.25, 0.3) is 11.8 Å². The predicted octanol–water partition coefficient (Wildman–Crippen LogP) is 4.46. The highest BCUT2D eigenvalue weighted by Crippen LogP contribution is 2.37. The number of primary amides is 1. The Morgan fingerprint density at radius 3 is 2.44 bits per heavy atom. The van der Waals surface area contributed by atoms with Gasteiger partial charge in [0.05, 0.1) is 0 Å². The number of benzene rings is 2. The van der Waals surface area contributed by atoms with Crippen LogP contribution in [0.3, 0.4) is 0 Å². The zero-order chi connectivity index (χ0) is 26.2. The molecule has 2 aromatic carbocycles. The van der Waals surface area contributed by atoms with Crippen molar-refractivity contribution in [2.45, 2.75) is 32.0 Å². The molecule has 4 rings (SSSR count). The molecule has 0 spiro atoms. The van der Waals surface area contributed by atoms with Crippen LogP contribution in [0, 0.1) is 12.7 Å². The Bertz CT molecular complexity index is 1340. The van der Waals surface area contributed by atoms with Gasteiger partial charge in [-0.3, -0.25) is 19.3 Å². The van der Waals surface area contributed by atoms with Crippen LogP contribution in [0.4, 0.5) is 22.7 Å². The van der Waals surface area contributed by atoms with E-state index in [-0.39, 0.29) is 39.4 Å². The highest BCUT2D eigenvalue weighted by Gasteiger charge is 2.37. The van der Waals surface area contributed by atoms with Crippen molar-refractivity contribution >= 4 is 34.2 Å². The molecule has 1 saturated carbocycles. The standard InChI is InChI=1S/C24H20F4N4O3S/c1-12-17(9-14(20(29)33)10-19(12)25)16-5-2-13(21(34)31-11-24(26,27)28)8-18(16)22(35)32(15-3-4-15)23-30-6-7-36-23/h2,5-10,15H,3-4,11H2,1H3,(H2,29,33)(H,31,34). The molecule has 7 nitrogen and oxygen atoms in total. The van der Waals surface area contributed by atoms with Crippen LogP contribution in [0.25, 0.3) is 11.1 Å². The summed E-state index contributed by atoms with van der Waals surface area (Å²) in [6.45, 7) is -0.0950. The second-order valence-corrected chi connectivity index (χ2v) is 9.15. The van der Waals surface area contributed by atoms with Crippen LogP contribution in [-0.4, -0.2) is 41.5 Å². The van der Waals surface area contributed by atoms with Crippen LogP contribution in [0.15, 0.2) is 41.9 Å². The molecule has 0 unspecified atom stereocenters. The lowest BCUT2D eigenvalue weighted by Crippen LogP contribution is -2.35. The van der Waals surface area contributed by atoms with Crippen molar-refractivity contribution in [1.82, 2.24) is 10.3 Å². The first-order valence-corrected chi connectivity index (χ1v) is 11.7. The monoisotopic (exact) mass is 520 g/mol. The van der Waals surface area contributed by atoms with E-state index in [1.54, 1.807) is 10.7 Å². The summed E-state index contributed by atoms with van der Waals surface area (Å²) in [7, 11) is 0. The Balaban J connectivity index is 1.86. The molecule has 3 aromatic rings. The van der Waals surface area contributed by atoms with Gasteiger partial charge in [0.1, 0.15) is 12.4 Å². The zero-order valence-corrected chi connectivity index (χ0v) is 19.7. The van der Waals surface area contributed by atoms with E-state index in [9.17, 15) is 31.9 Å². The van der Waals surface area contributed by atoms with Gasteiger partial charge in [-0.1, -0.05) is 6.07 Å². The topological polar surface area (TPSA) is 105 Å². The number of rotatable bonds is 7. The molecule has 1 aliphatic rings. The minimum atomic E-state index is -4.62. The number of nitrogens with one attached hydrogen (secondary N) is 1. The molecular weight excluding hydrogens is 500 g/mol. The lowest BCUT2D eigenvalue weighted by molar-refractivity contribution is -0.123. The molecular formula is C24H20F4N4O3S. The van der Waals surface area contributed by atoms with Gasteiger partial charge in [-0.25, -0.2) is 9.37 Å². The number of carbonyl (C=O) groups is 3. The second-order valence-electron chi connectivity index (χ2n) is 8.27. The van der Waals surface area contributed by atoms with Crippen LogP contribution in [-0.2, 0) is 0 Å². The molecule has 36 heavy (non-hydrogen) atoms. The van der Waals surface area contributed by atoms with Crippen molar-refractivity contribution in [2.24, 2.45) is 5.73 Å². The number of anilines is 1. The van der Waals surface area contributed by atoms with Crippen LogP contribution >= 0.6 is 11.3 Å². The third-order valence-electron chi connectivity index (χ3n) is 5.64. The van der Waals surface area contributed by atoms with Crippen LogP contribution in [0.5, 0.6) is 0 Å². The molecule has 188 valence electrons. The van der Waals surface area contributed by atoms with Gasteiger partial charge in [-0.15, -0.1) is 11.3 Å². The van der Waals surface area contributed by atoms with Crippen LogP contribution in [0.1, 0.15) is 49.5 Å². The summed E-state index contributed by atoms with van der Waals surface area (Å²) >= 11 is 1.23. The fourth-order valence-electron chi connectivity index (χ4n) is 3.69. The van der Waals surface area contributed by atoms with Gasteiger partial charge in [-0.2, -0.15) is 13.2 Å². The number of alkyl halides is 3. The Hall–Kier alpha value is -3.80. The maximum absolute atomic E-state index is 14.7. The molecule has 3 amide bonds. The SMILES string of the molecule is Cc1c(F)cc(C(N)=O)cc1-c1ccc(C(=O)NCC(F)(F)F)cc1C(=O)N(c1nccs1)C1CC1. The van der Waals surface area contributed by atoms with Gasteiger partial charge in [0.15, 0.2) is 5.13 Å². The first kappa shape index (κ1) is 25.3. The number of carbonyl (C=O) groups excluding carboxylic acids is 3. The Labute approximate surface area is 206 Å². The van der Waals surface area contributed by atoms with Crippen molar-refractivity contribution < 1.29 is 31.9 Å². The molecule has 0 bridgehead atoms. The molecule has 0 atom stereocenters. The van der Waals surface area contributed by atoms with E-state index in [2.05, 4.69) is 4.98 Å². The van der Waals surface area contributed by atoms with E-state index in [4.69, 9.17) is 5.73 Å². The van der Waals surface area contributed by atoms with E-state index in [1.807, 2.05) is 0 Å². The third-order valence-corrected chi connectivity index (χ3v) is 6.41. The molecule has 0 radical (unpaired) electrons. The summed E-state index contributed by atoms with van der Waals surface area (Å²) in [6.07, 6.45) is -1.65. The smallest absolute Gasteiger partial charge is 0.366 e. The summed E-state index contributed by atoms with van der Waals surface area (Å²) in [4.78, 5) is 43.7. The van der Waals surface area contributed by atoms with Gasteiger partial charge in [-0.05, 0) is 60.7 Å². The summed E-state index contributed by atoms with van der Waals surface area (Å²) in [6, 6.07) is 5.91. The van der Waals surface area contributed by atoms with E-state index in [1.165, 1.54) is 53.6 Å². The number of halogens is 4.